The molecule has 17 aromatic rings. The highest BCUT2D eigenvalue weighted by atomic mass is 15.2. The number of hydrogen-bond donors (Lipinski definition) is 12. The summed E-state index contributed by atoms with van der Waals surface area (Å²) in [5.41, 5.74) is 32.7. The van der Waals surface area contributed by atoms with Gasteiger partial charge in [-0.25, -0.2) is 44.9 Å². The Labute approximate surface area is 555 Å². The molecule has 27 nitrogen and oxygen atoms in total. The highest BCUT2D eigenvalue weighted by molar-refractivity contribution is 6.00. The summed E-state index contributed by atoms with van der Waals surface area (Å²) >= 11 is 0. The van der Waals surface area contributed by atoms with Crippen LogP contribution in [0.1, 0.15) is 11.1 Å². The lowest BCUT2D eigenvalue weighted by molar-refractivity contribution is 0.926. The molecule has 6 aromatic carbocycles. The maximum absolute atomic E-state index is 7.61. The quantitative estimate of drug-likeness (QED) is 0.0400. The number of nitrogens with two attached hydrogens (primary N) is 2. The SMILES string of the molecule is C1=NCCN1c1ccc2nc(-c3cccc(-c4nc5ccc(N6C=NCC6)cc5[nH]4)n3)[nH]c2c1.Cn1c(-c2nc3ccc(-c4ncc[nH]4)cc3[nH]2)ccc1-c1nc2ccc(-c3ncc[nH]3)cc2[nH]1.Cn1c(-c2nc3ccc(C(=N)N)cc3[nH]2)ccc1-c1nc2ccc(C(=N)N)cc2[nH]1. The summed E-state index contributed by atoms with van der Waals surface area (Å²) in [7, 11) is 3.97. The van der Waals surface area contributed by atoms with Crippen molar-refractivity contribution in [3.8, 4) is 91.9 Å². The summed E-state index contributed by atoms with van der Waals surface area (Å²) < 4.78 is 4.10. The van der Waals surface area contributed by atoms with E-state index in [2.05, 4.69) is 133 Å². The lowest BCUT2D eigenvalue weighted by Gasteiger charge is -2.13. The number of nitrogen functional groups attached to an aromatic ring is 2. The fourth-order valence-corrected chi connectivity index (χ4v) is 12.4. The average Bonchev–Trinajstić information content (AvgIpc) is 1.64. The Hall–Kier alpha value is -13.9. The van der Waals surface area contributed by atoms with Crippen LogP contribution >= 0.6 is 0 Å². The summed E-state index contributed by atoms with van der Waals surface area (Å²) in [6.45, 7) is 3.47. The monoisotopic (exact) mass is 1290 g/mol. The molecule has 0 aliphatic carbocycles. The van der Waals surface area contributed by atoms with Crippen molar-refractivity contribution in [1.82, 2.24) is 93.9 Å². The summed E-state index contributed by atoms with van der Waals surface area (Å²) in [4.78, 5) is 81.6. The van der Waals surface area contributed by atoms with E-state index in [1.807, 2.05) is 135 Å². The number of nitrogens with zero attached hydrogens (tertiary/aromatic N) is 15. The zero-order chi connectivity index (χ0) is 66.1. The minimum absolute atomic E-state index is 0.0204. The number of hydrogen-bond acceptors (Lipinski definition) is 15. The first-order valence-electron chi connectivity index (χ1n) is 31.4. The Kier molecular flexibility index (Phi) is 14.0. The number of rotatable bonds is 12. The van der Waals surface area contributed by atoms with Crippen LogP contribution in [0.25, 0.3) is 158 Å². The largest absolute Gasteiger partial charge is 0.384 e. The second kappa shape index (κ2) is 23.6. The first-order chi connectivity index (χ1) is 47.9. The lowest BCUT2D eigenvalue weighted by atomic mass is 10.2. The van der Waals surface area contributed by atoms with Gasteiger partial charge in [0.2, 0.25) is 0 Å². The van der Waals surface area contributed by atoms with E-state index in [-0.39, 0.29) is 11.7 Å². The van der Waals surface area contributed by atoms with Gasteiger partial charge in [-0.05, 0) is 146 Å². The maximum Gasteiger partial charge on any atom is 0.157 e. The molecule has 2 aliphatic rings. The van der Waals surface area contributed by atoms with Crippen molar-refractivity contribution in [2.24, 2.45) is 35.5 Å². The molecular weight excluding hydrogens is 1230 g/mol. The number of pyridine rings is 1. The molecule has 0 saturated carbocycles. The smallest absolute Gasteiger partial charge is 0.157 e. The first-order valence-corrected chi connectivity index (χ1v) is 31.4. The Morgan fingerprint density at radius 3 is 1.08 bits per heavy atom. The van der Waals surface area contributed by atoms with Gasteiger partial charge < -0.3 is 70.3 Å². The molecule has 13 heterocycles. The molecule has 14 N–H and O–H groups in total. The number of nitrogens with one attached hydrogen (secondary N) is 10. The molecule has 0 amide bonds. The standard InChI is InChI=1S/C25H19N9.C25H21N9.C21H19N9/c1-34-20(24-30-16-4-2-14(12-18(16)32-24)22-26-8-9-27-22)6-7-21(34)25-31-17-5-3-15(13-19(17)33-25)23-28-10-11-29-23;1-2-20(24-29-18-6-4-16(12-22(18)31-24)33-10-8-26-14-33)28-21(3-1)25-30-19-7-5-17(13-23(19)32-25)34-11-9-27-15-34;1-30-16(20-26-12-4-2-10(18(22)23)8-14(12)28-20)6-7-17(30)21-27-13-5-3-11(19(24)25)9-15(13)29-21/h2-13H,1H3,(H,26,27)(H,28,29)(H,30,32)(H,31,33);1-7,12-15H,8-11H2,(H,29,31)(H,30,32);2-9H,1H3,(H3,22,23)(H3,24,25)(H,26,28)(H,27,29). The molecule has 478 valence electrons. The Morgan fingerprint density at radius 2 is 0.724 bits per heavy atom. The number of amidine groups is 2. The number of imidazole rings is 8. The van der Waals surface area contributed by atoms with Crippen molar-refractivity contribution in [2.45, 2.75) is 0 Å². The van der Waals surface area contributed by atoms with E-state index < -0.39 is 0 Å². The van der Waals surface area contributed by atoms with Crippen molar-refractivity contribution in [1.29, 1.82) is 10.8 Å². The van der Waals surface area contributed by atoms with E-state index in [4.69, 9.17) is 47.2 Å². The average molecular weight is 1290 g/mol. The van der Waals surface area contributed by atoms with Crippen LogP contribution in [0, 0.1) is 10.8 Å². The van der Waals surface area contributed by atoms with Crippen LogP contribution < -0.4 is 21.3 Å². The van der Waals surface area contributed by atoms with Gasteiger partial charge in [-0.1, -0.05) is 6.07 Å². The van der Waals surface area contributed by atoms with Crippen molar-refractivity contribution < 1.29 is 0 Å². The molecule has 98 heavy (non-hydrogen) atoms. The van der Waals surface area contributed by atoms with Crippen LogP contribution in [-0.2, 0) is 14.1 Å². The van der Waals surface area contributed by atoms with Crippen LogP contribution in [0.5, 0.6) is 0 Å². The van der Waals surface area contributed by atoms with Crippen molar-refractivity contribution in [3.63, 3.8) is 0 Å². The van der Waals surface area contributed by atoms with Crippen molar-refractivity contribution in [2.75, 3.05) is 36.0 Å². The highest BCUT2D eigenvalue weighted by Crippen LogP contribution is 2.34. The van der Waals surface area contributed by atoms with Gasteiger partial charge in [0.05, 0.1) is 115 Å². The fourth-order valence-electron chi connectivity index (χ4n) is 12.4. The number of aliphatic imine (C=N–C) groups is 2. The van der Waals surface area contributed by atoms with Gasteiger partial charge in [0.25, 0.3) is 0 Å². The fraction of sp³-hybridized carbons (Fsp3) is 0.0845. The number of aromatic nitrogens is 19. The summed E-state index contributed by atoms with van der Waals surface area (Å²) in [5.74, 6) is 6.21. The van der Waals surface area contributed by atoms with Crippen LogP contribution in [0.3, 0.4) is 0 Å². The molecule has 0 unspecified atom stereocenters. The zero-order valence-electron chi connectivity index (χ0n) is 52.6. The van der Waals surface area contributed by atoms with E-state index in [0.29, 0.717) is 11.1 Å². The van der Waals surface area contributed by atoms with E-state index in [9.17, 15) is 0 Å². The molecule has 0 bridgehead atoms. The molecule has 27 heteroatoms. The number of aromatic amines is 8. The minimum Gasteiger partial charge on any atom is -0.384 e. The number of anilines is 2. The van der Waals surface area contributed by atoms with Gasteiger partial charge in [0, 0.05) is 85.6 Å². The third-order valence-electron chi connectivity index (χ3n) is 17.5. The Balaban J connectivity index is 0.000000111. The number of H-pyrrole nitrogens is 8. The molecule has 2 aliphatic heterocycles. The third kappa shape index (κ3) is 10.8. The summed E-state index contributed by atoms with van der Waals surface area (Å²) in [5, 5.41) is 15.2. The zero-order valence-corrected chi connectivity index (χ0v) is 52.6. The van der Waals surface area contributed by atoms with E-state index in [1.165, 1.54) is 0 Å². The molecule has 0 fully saturated rings. The van der Waals surface area contributed by atoms with Gasteiger partial charge in [-0.15, -0.1) is 0 Å². The third-order valence-corrected chi connectivity index (χ3v) is 17.5. The van der Waals surface area contributed by atoms with Crippen LogP contribution in [0.15, 0.2) is 186 Å². The van der Waals surface area contributed by atoms with E-state index in [0.717, 1.165) is 196 Å². The van der Waals surface area contributed by atoms with Gasteiger partial charge in [0.15, 0.2) is 34.9 Å². The predicted molar refractivity (Wildman–Crippen MR) is 384 cm³/mol. The number of benzene rings is 6. The van der Waals surface area contributed by atoms with E-state index in [1.54, 1.807) is 24.5 Å². The Morgan fingerprint density at radius 1 is 0.378 bits per heavy atom. The topological polar surface area (TPSA) is 383 Å². The van der Waals surface area contributed by atoms with Gasteiger partial charge >= 0.3 is 0 Å². The highest BCUT2D eigenvalue weighted by Gasteiger charge is 2.21. The van der Waals surface area contributed by atoms with Gasteiger partial charge in [-0.3, -0.25) is 20.8 Å². The molecule has 0 atom stereocenters. The van der Waals surface area contributed by atoms with Crippen LogP contribution in [0.2, 0.25) is 0 Å². The first kappa shape index (κ1) is 58.0. The van der Waals surface area contributed by atoms with Crippen LogP contribution in [0.4, 0.5) is 11.4 Å². The molecule has 0 saturated heterocycles. The van der Waals surface area contributed by atoms with Gasteiger partial charge in [0.1, 0.15) is 34.7 Å². The molecule has 11 aromatic heterocycles. The minimum atomic E-state index is 0.0204. The molecule has 0 radical (unpaired) electrons. The molecule has 0 spiro atoms. The van der Waals surface area contributed by atoms with Gasteiger partial charge in [-0.2, -0.15) is 0 Å². The molecular formula is C71H59N27. The van der Waals surface area contributed by atoms with Crippen molar-refractivity contribution >= 4 is 102 Å². The van der Waals surface area contributed by atoms with Crippen molar-refractivity contribution in [3.05, 3.63) is 188 Å². The predicted octanol–water partition coefficient (Wildman–Crippen LogP) is 11.4. The van der Waals surface area contributed by atoms with Crippen LogP contribution in [-0.4, -0.2) is 144 Å². The lowest BCUT2D eigenvalue weighted by Crippen LogP contribution is -2.17. The second-order valence-electron chi connectivity index (χ2n) is 23.7. The normalized spacial score (nSPS) is 12.9. The Bertz CT molecular complexity index is 5620. The number of fused-ring (bicyclic) bond motifs is 6. The maximum atomic E-state index is 7.61. The summed E-state index contributed by atoms with van der Waals surface area (Å²) in [6, 6.07) is 49.5. The molecule has 19 rings (SSSR count). The summed E-state index contributed by atoms with van der Waals surface area (Å²) in [6.07, 6.45) is 10.9. The second-order valence-corrected chi connectivity index (χ2v) is 23.7. The van der Waals surface area contributed by atoms with E-state index >= 15 is 0 Å².